The number of aromatic nitrogens is 1. The van der Waals surface area contributed by atoms with Gasteiger partial charge in [0.1, 0.15) is 12.0 Å². The second kappa shape index (κ2) is 4.11. The van der Waals surface area contributed by atoms with Crippen molar-refractivity contribution in [3.63, 3.8) is 0 Å². The average Bonchev–Trinajstić information content (AvgIpc) is 2.97. The van der Waals surface area contributed by atoms with E-state index in [2.05, 4.69) is 19.7 Å². The Morgan fingerprint density at radius 2 is 2.11 bits per heavy atom. The van der Waals surface area contributed by atoms with Crippen molar-refractivity contribution in [2.45, 2.75) is 18.0 Å². The molecule has 0 aliphatic carbocycles. The van der Waals surface area contributed by atoms with E-state index < -0.39 is 10.0 Å². The average molecular weight is 265 g/mol. The zero-order valence-electron chi connectivity index (χ0n) is 9.38. The highest BCUT2D eigenvalue weighted by molar-refractivity contribution is 7.92. The SMILES string of the molecule is O=S(=O)(Nc1cnoc1)c1ccc2c(c1)CNC2. The molecule has 1 aliphatic rings. The lowest BCUT2D eigenvalue weighted by molar-refractivity contribution is 0.420. The summed E-state index contributed by atoms with van der Waals surface area (Å²) in [5, 5.41) is 6.62. The molecule has 18 heavy (non-hydrogen) atoms. The third-order valence-corrected chi connectivity index (χ3v) is 4.18. The van der Waals surface area contributed by atoms with Gasteiger partial charge < -0.3 is 9.84 Å². The first-order valence-electron chi connectivity index (χ1n) is 5.40. The topological polar surface area (TPSA) is 84.2 Å². The number of nitrogens with zero attached hydrogens (tertiary/aromatic N) is 1. The Morgan fingerprint density at radius 1 is 1.28 bits per heavy atom. The standard InChI is InChI=1S/C11H11N3O3S/c15-18(16,14-10-6-13-17-7-10)11-2-1-8-4-12-5-9(8)3-11/h1-3,6-7,12,14H,4-5H2. The van der Waals surface area contributed by atoms with Crippen LogP contribution in [0.2, 0.25) is 0 Å². The zero-order chi connectivity index (χ0) is 12.6. The summed E-state index contributed by atoms with van der Waals surface area (Å²) in [4.78, 5) is 0.242. The van der Waals surface area contributed by atoms with Crippen LogP contribution in [0.1, 0.15) is 11.1 Å². The number of benzene rings is 1. The van der Waals surface area contributed by atoms with E-state index in [4.69, 9.17) is 0 Å². The Kier molecular flexibility index (Phi) is 2.57. The van der Waals surface area contributed by atoms with Gasteiger partial charge in [0.05, 0.1) is 11.1 Å². The molecular weight excluding hydrogens is 254 g/mol. The minimum Gasteiger partial charge on any atom is -0.362 e. The number of hydrogen-bond donors (Lipinski definition) is 2. The fraction of sp³-hybridized carbons (Fsp3) is 0.182. The lowest BCUT2D eigenvalue weighted by atomic mass is 10.1. The Labute approximate surface area is 104 Å². The monoisotopic (exact) mass is 265 g/mol. The van der Waals surface area contributed by atoms with Crippen LogP contribution < -0.4 is 10.0 Å². The van der Waals surface area contributed by atoms with E-state index >= 15 is 0 Å². The molecule has 0 bridgehead atoms. The van der Waals surface area contributed by atoms with Crippen LogP contribution in [-0.4, -0.2) is 13.6 Å². The summed E-state index contributed by atoms with van der Waals surface area (Å²) in [7, 11) is -3.58. The molecule has 0 radical (unpaired) electrons. The molecule has 94 valence electrons. The zero-order valence-corrected chi connectivity index (χ0v) is 10.2. The largest absolute Gasteiger partial charge is 0.362 e. The van der Waals surface area contributed by atoms with E-state index in [-0.39, 0.29) is 4.90 Å². The Hall–Kier alpha value is -1.86. The van der Waals surface area contributed by atoms with Gasteiger partial charge in [0.2, 0.25) is 0 Å². The summed E-state index contributed by atoms with van der Waals surface area (Å²) in [6.45, 7) is 1.49. The molecule has 0 amide bonds. The van der Waals surface area contributed by atoms with Crippen LogP contribution in [-0.2, 0) is 23.1 Å². The maximum atomic E-state index is 12.1. The summed E-state index contributed by atoms with van der Waals surface area (Å²) >= 11 is 0. The lowest BCUT2D eigenvalue weighted by Gasteiger charge is -2.07. The highest BCUT2D eigenvalue weighted by Gasteiger charge is 2.18. The minimum absolute atomic E-state index is 0.242. The third-order valence-electron chi connectivity index (χ3n) is 2.80. The van der Waals surface area contributed by atoms with E-state index in [0.717, 1.165) is 17.7 Å². The van der Waals surface area contributed by atoms with Gasteiger partial charge in [-0.1, -0.05) is 11.2 Å². The van der Waals surface area contributed by atoms with E-state index in [1.54, 1.807) is 12.1 Å². The smallest absolute Gasteiger partial charge is 0.262 e. The normalized spacial score (nSPS) is 14.4. The fourth-order valence-corrected chi connectivity index (χ4v) is 2.98. The van der Waals surface area contributed by atoms with E-state index in [9.17, 15) is 8.42 Å². The van der Waals surface area contributed by atoms with Crippen LogP contribution >= 0.6 is 0 Å². The first-order chi connectivity index (χ1) is 8.65. The van der Waals surface area contributed by atoms with Crippen molar-refractivity contribution in [3.8, 4) is 0 Å². The Balaban J connectivity index is 1.94. The van der Waals surface area contributed by atoms with Gasteiger partial charge in [-0.05, 0) is 23.3 Å². The van der Waals surface area contributed by atoms with E-state index in [0.29, 0.717) is 12.2 Å². The molecule has 0 fully saturated rings. The number of hydrogen-bond acceptors (Lipinski definition) is 5. The van der Waals surface area contributed by atoms with E-state index in [1.807, 2.05) is 6.07 Å². The molecule has 2 N–H and O–H groups in total. The summed E-state index contributed by atoms with van der Waals surface area (Å²) in [6, 6.07) is 5.12. The number of anilines is 1. The van der Waals surface area contributed by atoms with Gasteiger partial charge in [-0.25, -0.2) is 8.42 Å². The Morgan fingerprint density at radius 3 is 2.89 bits per heavy atom. The van der Waals surface area contributed by atoms with Crippen molar-refractivity contribution in [3.05, 3.63) is 41.8 Å². The molecule has 7 heteroatoms. The molecule has 0 spiro atoms. The number of fused-ring (bicyclic) bond motifs is 1. The van der Waals surface area contributed by atoms with Crippen molar-refractivity contribution in [1.29, 1.82) is 0 Å². The summed E-state index contributed by atoms with van der Waals surface area (Å²) < 4.78 is 31.2. The van der Waals surface area contributed by atoms with Crippen molar-refractivity contribution >= 4 is 15.7 Å². The Bertz CT molecular complexity index is 665. The van der Waals surface area contributed by atoms with E-state index in [1.165, 1.54) is 12.5 Å². The maximum absolute atomic E-state index is 12.1. The molecule has 0 saturated carbocycles. The minimum atomic E-state index is -3.58. The van der Waals surface area contributed by atoms with Gasteiger partial charge in [-0.3, -0.25) is 4.72 Å². The highest BCUT2D eigenvalue weighted by Crippen LogP contribution is 2.21. The van der Waals surface area contributed by atoms with Gasteiger partial charge in [-0.15, -0.1) is 0 Å². The van der Waals surface area contributed by atoms with Gasteiger partial charge in [0.25, 0.3) is 10.0 Å². The molecule has 0 saturated heterocycles. The molecular formula is C11H11N3O3S. The molecule has 2 heterocycles. The fourth-order valence-electron chi connectivity index (χ4n) is 1.91. The molecule has 3 rings (SSSR count). The molecule has 0 atom stereocenters. The third kappa shape index (κ3) is 1.98. The van der Waals surface area contributed by atoms with Crippen LogP contribution in [0, 0.1) is 0 Å². The van der Waals surface area contributed by atoms with Crippen LogP contribution in [0.25, 0.3) is 0 Å². The van der Waals surface area contributed by atoms with Crippen LogP contribution in [0.15, 0.2) is 40.1 Å². The molecule has 1 aromatic carbocycles. The summed E-state index contributed by atoms with van der Waals surface area (Å²) in [6.07, 6.45) is 2.55. The molecule has 6 nitrogen and oxygen atoms in total. The second-order valence-electron chi connectivity index (χ2n) is 4.05. The van der Waals surface area contributed by atoms with Crippen molar-refractivity contribution in [2.24, 2.45) is 0 Å². The number of nitrogens with one attached hydrogen (secondary N) is 2. The quantitative estimate of drug-likeness (QED) is 0.867. The molecule has 1 aliphatic heterocycles. The number of rotatable bonds is 3. The summed E-state index contributed by atoms with van der Waals surface area (Å²) in [5.41, 5.74) is 2.47. The maximum Gasteiger partial charge on any atom is 0.262 e. The summed E-state index contributed by atoms with van der Waals surface area (Å²) in [5.74, 6) is 0. The van der Waals surface area contributed by atoms with Gasteiger partial charge in [-0.2, -0.15) is 0 Å². The predicted octanol–water partition coefficient (Wildman–Crippen LogP) is 1.08. The molecule has 0 unspecified atom stereocenters. The van der Waals surface area contributed by atoms with Crippen LogP contribution in [0.3, 0.4) is 0 Å². The number of sulfonamides is 1. The van der Waals surface area contributed by atoms with Crippen LogP contribution in [0.4, 0.5) is 5.69 Å². The molecule has 1 aromatic heterocycles. The van der Waals surface area contributed by atoms with Crippen molar-refractivity contribution in [2.75, 3.05) is 4.72 Å². The van der Waals surface area contributed by atoms with Crippen molar-refractivity contribution in [1.82, 2.24) is 10.5 Å². The predicted molar refractivity (Wildman–Crippen MR) is 64.3 cm³/mol. The van der Waals surface area contributed by atoms with Crippen molar-refractivity contribution < 1.29 is 12.9 Å². The first kappa shape index (κ1) is 11.2. The first-order valence-corrected chi connectivity index (χ1v) is 6.88. The van der Waals surface area contributed by atoms with Gasteiger partial charge in [0, 0.05) is 13.1 Å². The lowest BCUT2D eigenvalue weighted by Crippen LogP contribution is -2.12. The highest BCUT2D eigenvalue weighted by atomic mass is 32.2. The second-order valence-corrected chi connectivity index (χ2v) is 5.74. The van der Waals surface area contributed by atoms with Gasteiger partial charge >= 0.3 is 0 Å². The van der Waals surface area contributed by atoms with Crippen LogP contribution in [0.5, 0.6) is 0 Å². The van der Waals surface area contributed by atoms with Gasteiger partial charge in [0.15, 0.2) is 0 Å². The molecule has 2 aromatic rings.